The molecule has 2 saturated heterocycles. The molecule has 2 heterocycles. The van der Waals surface area contributed by atoms with Crippen LogP contribution in [0.1, 0.15) is 23.7 Å². The number of hydrogen-bond donors (Lipinski definition) is 2. The maximum Gasteiger partial charge on any atom is 0.269 e. The van der Waals surface area contributed by atoms with Crippen LogP contribution in [0.25, 0.3) is 0 Å². The molecule has 170 valence electrons. The van der Waals surface area contributed by atoms with Crippen LogP contribution in [0.2, 0.25) is 0 Å². The highest BCUT2D eigenvalue weighted by Gasteiger charge is 2.42. The lowest BCUT2D eigenvalue weighted by Crippen LogP contribution is -2.54. The summed E-state index contributed by atoms with van der Waals surface area (Å²) in [6, 6.07) is 11.3. The molecule has 2 aliphatic heterocycles. The minimum absolute atomic E-state index is 0.157. The molecule has 0 radical (unpaired) electrons. The largest absolute Gasteiger partial charge is 0.387 e. The molecule has 0 aliphatic carbocycles. The van der Waals surface area contributed by atoms with Crippen LogP contribution < -0.4 is 0 Å². The van der Waals surface area contributed by atoms with Crippen molar-refractivity contribution in [3.05, 3.63) is 79.9 Å². The first-order chi connectivity index (χ1) is 15.3. The molecule has 0 spiro atoms. The van der Waals surface area contributed by atoms with Gasteiger partial charge < -0.3 is 29.2 Å². The second-order valence-electron chi connectivity index (χ2n) is 7.36. The Bertz CT molecular complexity index is 922. The fourth-order valence-corrected chi connectivity index (χ4v) is 3.56. The summed E-state index contributed by atoms with van der Waals surface area (Å²) in [5, 5.41) is 43.3. The number of rotatable bonds is 4. The first-order valence-corrected chi connectivity index (χ1v) is 9.72. The number of hydrogen-bond acceptors (Lipinski definition) is 10. The molecule has 4 rings (SSSR count). The second kappa shape index (κ2) is 9.24. The summed E-state index contributed by atoms with van der Waals surface area (Å²) in [4.78, 5) is 21.1. The number of benzene rings is 2. The Labute approximate surface area is 181 Å². The number of ether oxygens (including phenoxy) is 4. The van der Waals surface area contributed by atoms with Crippen molar-refractivity contribution < 1.29 is 39.0 Å². The van der Waals surface area contributed by atoms with Crippen LogP contribution in [-0.4, -0.2) is 57.7 Å². The van der Waals surface area contributed by atoms with E-state index in [4.69, 9.17) is 18.9 Å². The summed E-state index contributed by atoms with van der Waals surface area (Å²) in [6.45, 7) is -0.486. The first-order valence-electron chi connectivity index (χ1n) is 9.72. The monoisotopic (exact) mass is 448 g/mol. The molecule has 32 heavy (non-hydrogen) atoms. The number of aliphatic hydroxyl groups is 2. The molecule has 12 nitrogen and oxygen atoms in total. The van der Waals surface area contributed by atoms with Gasteiger partial charge in [-0.25, -0.2) is 0 Å². The summed E-state index contributed by atoms with van der Waals surface area (Å²) in [7, 11) is 0. The third-order valence-corrected chi connectivity index (χ3v) is 5.24. The van der Waals surface area contributed by atoms with Crippen molar-refractivity contribution in [2.24, 2.45) is 0 Å². The normalized spacial score (nSPS) is 30.6. The molecule has 0 saturated carbocycles. The summed E-state index contributed by atoms with van der Waals surface area (Å²) >= 11 is 0. The molecule has 2 bridgehead atoms. The second-order valence-corrected chi connectivity index (χ2v) is 7.36. The van der Waals surface area contributed by atoms with Gasteiger partial charge in [-0.3, -0.25) is 20.2 Å². The maximum absolute atomic E-state index is 11.1. The molecule has 2 aromatic rings. The Kier molecular flexibility index (Phi) is 6.41. The SMILES string of the molecule is O=[N+]([O-])c1cccc(C2OC[C@H]3OC(c4cccc([N+](=O)[O-])c4)OC[C@H](O2)[C@@H](O)[C@@H]3O)c1. The molecule has 6 atom stereocenters. The van der Waals surface area contributed by atoms with Gasteiger partial charge in [-0.2, -0.15) is 0 Å². The quantitative estimate of drug-likeness (QED) is 0.520. The lowest BCUT2D eigenvalue weighted by Gasteiger charge is -2.41. The van der Waals surface area contributed by atoms with Gasteiger partial charge >= 0.3 is 0 Å². The van der Waals surface area contributed by atoms with E-state index in [-0.39, 0.29) is 24.6 Å². The number of non-ortho nitro benzene ring substituents is 2. The highest BCUT2D eigenvalue weighted by molar-refractivity contribution is 5.35. The van der Waals surface area contributed by atoms with E-state index in [0.717, 1.165) is 0 Å². The highest BCUT2D eigenvalue weighted by Crippen LogP contribution is 2.34. The highest BCUT2D eigenvalue weighted by atomic mass is 16.7. The van der Waals surface area contributed by atoms with Gasteiger partial charge in [0, 0.05) is 35.4 Å². The maximum atomic E-state index is 11.1. The average molecular weight is 448 g/mol. The Morgan fingerprint density at radius 1 is 0.750 bits per heavy atom. The molecular weight excluding hydrogens is 428 g/mol. The lowest BCUT2D eigenvalue weighted by molar-refractivity contribution is -0.385. The van der Waals surface area contributed by atoms with Gasteiger partial charge in [-0.05, 0) is 0 Å². The van der Waals surface area contributed by atoms with E-state index in [1.165, 1.54) is 36.4 Å². The minimum atomic E-state index is -1.39. The van der Waals surface area contributed by atoms with Crippen LogP contribution in [0.15, 0.2) is 48.5 Å². The number of nitro benzene ring substituents is 2. The third kappa shape index (κ3) is 4.60. The molecular formula is C20H20N2O10. The van der Waals surface area contributed by atoms with Gasteiger partial charge in [0.2, 0.25) is 0 Å². The molecule has 2 unspecified atom stereocenters. The number of aliphatic hydroxyl groups excluding tert-OH is 2. The fourth-order valence-electron chi connectivity index (χ4n) is 3.56. The van der Waals surface area contributed by atoms with Crippen molar-refractivity contribution in [1.29, 1.82) is 0 Å². The smallest absolute Gasteiger partial charge is 0.269 e. The number of nitrogens with zero attached hydrogens (tertiary/aromatic N) is 2. The minimum Gasteiger partial charge on any atom is -0.387 e. The predicted molar refractivity (Wildman–Crippen MR) is 105 cm³/mol. The van der Waals surface area contributed by atoms with Crippen molar-refractivity contribution >= 4 is 11.4 Å². The summed E-state index contributed by atoms with van der Waals surface area (Å²) in [5.41, 5.74) is 0.385. The molecule has 0 amide bonds. The number of nitro groups is 2. The fraction of sp³-hybridized carbons (Fsp3) is 0.400. The molecule has 12 heteroatoms. The first kappa shape index (κ1) is 22.2. The van der Waals surface area contributed by atoms with Crippen molar-refractivity contribution in [3.8, 4) is 0 Å². The van der Waals surface area contributed by atoms with Gasteiger partial charge in [0.15, 0.2) is 12.6 Å². The van der Waals surface area contributed by atoms with E-state index in [9.17, 15) is 30.4 Å². The molecule has 2 N–H and O–H groups in total. The van der Waals surface area contributed by atoms with E-state index in [0.29, 0.717) is 11.1 Å². The van der Waals surface area contributed by atoms with Crippen LogP contribution in [0.4, 0.5) is 11.4 Å². The lowest BCUT2D eigenvalue weighted by atomic mass is 10.0. The van der Waals surface area contributed by atoms with Crippen molar-refractivity contribution in [2.75, 3.05) is 13.2 Å². The Hall–Kier alpha value is -3.00. The van der Waals surface area contributed by atoms with Crippen LogP contribution in [-0.2, 0) is 18.9 Å². The van der Waals surface area contributed by atoms with Gasteiger partial charge in [0.05, 0.1) is 23.1 Å². The van der Waals surface area contributed by atoms with Crippen LogP contribution in [0.3, 0.4) is 0 Å². The van der Waals surface area contributed by atoms with E-state index >= 15 is 0 Å². The molecule has 0 aromatic heterocycles. The topological polar surface area (TPSA) is 164 Å². The average Bonchev–Trinajstić information content (AvgIpc) is 2.80. The van der Waals surface area contributed by atoms with Gasteiger partial charge in [0.25, 0.3) is 11.4 Å². The zero-order valence-corrected chi connectivity index (χ0v) is 16.6. The standard InChI is InChI=1S/C20H20N2O10/c23-17-15-10-30-20(12-4-2-6-14(8-12)22(27)28)32-16(18(17)24)9-29-19(31-15)11-3-1-5-13(7-11)21(25)26/h1-8,15-20,23-24H,9-10H2/t15-,16+,17-,18-,19?,20?/m1/s1. The summed E-state index contributed by atoms with van der Waals surface area (Å²) in [5.74, 6) is 0. The molecule has 2 aliphatic rings. The van der Waals surface area contributed by atoms with E-state index in [1.807, 2.05) is 0 Å². The third-order valence-electron chi connectivity index (χ3n) is 5.24. The van der Waals surface area contributed by atoms with Gasteiger partial charge in [-0.15, -0.1) is 0 Å². The Morgan fingerprint density at radius 2 is 1.16 bits per heavy atom. The molecule has 2 aromatic carbocycles. The van der Waals surface area contributed by atoms with Gasteiger partial charge in [0.1, 0.15) is 24.4 Å². The molecule has 2 fully saturated rings. The van der Waals surface area contributed by atoms with Crippen LogP contribution >= 0.6 is 0 Å². The van der Waals surface area contributed by atoms with Crippen LogP contribution in [0, 0.1) is 20.2 Å². The summed E-state index contributed by atoms with van der Waals surface area (Å²) < 4.78 is 23.1. The zero-order chi connectivity index (χ0) is 22.8. The van der Waals surface area contributed by atoms with Crippen molar-refractivity contribution in [1.82, 2.24) is 0 Å². The summed E-state index contributed by atoms with van der Waals surface area (Å²) in [6.07, 6.45) is -7.08. The Balaban J connectivity index is 1.60. The van der Waals surface area contributed by atoms with E-state index in [1.54, 1.807) is 12.1 Å². The van der Waals surface area contributed by atoms with Crippen molar-refractivity contribution in [3.63, 3.8) is 0 Å². The predicted octanol–water partition coefficient (Wildman–Crippen LogP) is 1.75. The van der Waals surface area contributed by atoms with E-state index < -0.39 is 46.8 Å². The zero-order valence-electron chi connectivity index (χ0n) is 16.6. The number of fused-ring (bicyclic) bond motifs is 3. The van der Waals surface area contributed by atoms with Gasteiger partial charge in [-0.1, -0.05) is 24.3 Å². The van der Waals surface area contributed by atoms with E-state index in [2.05, 4.69) is 0 Å². The Morgan fingerprint density at radius 3 is 1.53 bits per heavy atom. The van der Waals surface area contributed by atoms with Crippen molar-refractivity contribution in [2.45, 2.75) is 37.0 Å². The van der Waals surface area contributed by atoms with Crippen LogP contribution in [0.5, 0.6) is 0 Å².